The Morgan fingerprint density at radius 2 is 2.12 bits per heavy atom. The van der Waals surface area contributed by atoms with Crippen molar-refractivity contribution in [1.29, 1.82) is 0 Å². The lowest BCUT2D eigenvalue weighted by molar-refractivity contribution is 0.0698. The molecule has 0 fully saturated rings. The largest absolute Gasteiger partial charge is 0.478 e. The zero-order valence-corrected chi connectivity index (χ0v) is 10.2. The van der Waals surface area contributed by atoms with E-state index in [2.05, 4.69) is 13.0 Å². The molecule has 1 aromatic heterocycles. The number of carboxylic acids is 1. The van der Waals surface area contributed by atoms with Crippen molar-refractivity contribution in [2.45, 2.75) is 33.2 Å². The van der Waals surface area contributed by atoms with Crippen LogP contribution >= 0.6 is 0 Å². The topological polar surface area (TPSA) is 42.2 Å². The van der Waals surface area contributed by atoms with Gasteiger partial charge in [-0.2, -0.15) is 0 Å². The van der Waals surface area contributed by atoms with Crippen molar-refractivity contribution in [1.82, 2.24) is 4.57 Å². The van der Waals surface area contributed by atoms with Gasteiger partial charge in [-0.3, -0.25) is 0 Å². The highest BCUT2D eigenvalue weighted by Gasteiger charge is 2.13. The summed E-state index contributed by atoms with van der Waals surface area (Å²) in [6, 6.07) is 5.86. The molecule has 0 spiro atoms. The summed E-state index contributed by atoms with van der Waals surface area (Å²) in [4.78, 5) is 11.3. The molecule has 2 rings (SSSR count). The Morgan fingerprint density at radius 1 is 1.35 bits per heavy atom. The first-order valence-corrected chi connectivity index (χ1v) is 6.02. The Labute approximate surface area is 101 Å². The van der Waals surface area contributed by atoms with E-state index in [1.807, 2.05) is 23.8 Å². The van der Waals surface area contributed by atoms with Gasteiger partial charge in [-0.25, -0.2) is 4.79 Å². The van der Waals surface area contributed by atoms with Crippen molar-refractivity contribution in [2.24, 2.45) is 0 Å². The van der Waals surface area contributed by atoms with Crippen LogP contribution in [0.25, 0.3) is 10.9 Å². The van der Waals surface area contributed by atoms with Gasteiger partial charge < -0.3 is 9.67 Å². The van der Waals surface area contributed by atoms with Crippen LogP contribution in [0.5, 0.6) is 0 Å². The Balaban J connectivity index is 2.71. The number of aromatic nitrogens is 1. The molecular weight excluding hydrogens is 214 g/mol. The van der Waals surface area contributed by atoms with E-state index in [1.165, 1.54) is 0 Å². The van der Waals surface area contributed by atoms with Crippen molar-refractivity contribution in [2.75, 3.05) is 0 Å². The molecule has 3 nitrogen and oxygen atoms in total. The molecule has 0 aliphatic rings. The highest BCUT2D eigenvalue weighted by molar-refractivity contribution is 6.02. The smallest absolute Gasteiger partial charge is 0.337 e. The molecule has 1 heterocycles. The van der Waals surface area contributed by atoms with E-state index in [9.17, 15) is 9.90 Å². The molecule has 90 valence electrons. The normalized spacial score (nSPS) is 10.9. The first-order chi connectivity index (χ1) is 8.17. The van der Waals surface area contributed by atoms with E-state index >= 15 is 0 Å². The van der Waals surface area contributed by atoms with Gasteiger partial charge in [0.25, 0.3) is 0 Å². The van der Waals surface area contributed by atoms with E-state index in [4.69, 9.17) is 0 Å². The Morgan fingerprint density at radius 3 is 2.71 bits per heavy atom. The second kappa shape index (κ2) is 4.62. The van der Waals surface area contributed by atoms with E-state index < -0.39 is 5.97 Å². The zero-order chi connectivity index (χ0) is 12.4. The molecule has 1 N–H and O–H groups in total. The maximum atomic E-state index is 11.3. The number of fused-ring (bicyclic) bond motifs is 1. The summed E-state index contributed by atoms with van der Waals surface area (Å²) < 4.78 is 2.03. The average Bonchev–Trinajstić information content (AvgIpc) is 2.71. The van der Waals surface area contributed by atoms with Crippen molar-refractivity contribution in [3.05, 3.63) is 35.5 Å². The van der Waals surface area contributed by atoms with Crippen molar-refractivity contribution >= 4 is 16.9 Å². The summed E-state index contributed by atoms with van der Waals surface area (Å²) in [5, 5.41) is 10.3. The molecule has 0 bridgehead atoms. The number of nitrogens with zero attached hydrogens (tertiary/aromatic N) is 1. The lowest BCUT2D eigenvalue weighted by atomic mass is 10.0. The Hall–Kier alpha value is -1.77. The minimum Gasteiger partial charge on any atom is -0.478 e. The number of carboxylic acid groups (broad SMARTS) is 1. The SMILES string of the molecule is CCCn1ccc2cc(CC)cc(C(=O)O)c21. The third-order valence-corrected chi connectivity index (χ3v) is 3.02. The lowest BCUT2D eigenvalue weighted by Crippen LogP contribution is -2.04. The van der Waals surface area contributed by atoms with Crippen LogP contribution in [0, 0.1) is 0 Å². The number of aromatic carboxylic acids is 1. The highest BCUT2D eigenvalue weighted by Crippen LogP contribution is 2.23. The maximum Gasteiger partial charge on any atom is 0.337 e. The summed E-state index contributed by atoms with van der Waals surface area (Å²) >= 11 is 0. The lowest BCUT2D eigenvalue weighted by Gasteiger charge is -2.08. The monoisotopic (exact) mass is 231 g/mol. The molecule has 0 amide bonds. The van der Waals surface area contributed by atoms with Gasteiger partial charge in [0.15, 0.2) is 0 Å². The molecule has 17 heavy (non-hydrogen) atoms. The molecule has 0 aliphatic heterocycles. The van der Waals surface area contributed by atoms with Crippen LogP contribution in [0.1, 0.15) is 36.2 Å². The van der Waals surface area contributed by atoms with Gasteiger partial charge >= 0.3 is 5.97 Å². The van der Waals surface area contributed by atoms with Gasteiger partial charge in [0.2, 0.25) is 0 Å². The summed E-state index contributed by atoms with van der Waals surface area (Å²) in [6.07, 6.45) is 3.83. The average molecular weight is 231 g/mol. The van der Waals surface area contributed by atoms with Gasteiger partial charge in [-0.1, -0.05) is 13.8 Å². The van der Waals surface area contributed by atoms with Crippen molar-refractivity contribution < 1.29 is 9.90 Å². The quantitative estimate of drug-likeness (QED) is 0.877. The number of rotatable bonds is 4. The number of hydrogen-bond donors (Lipinski definition) is 1. The fraction of sp³-hybridized carbons (Fsp3) is 0.357. The Bertz CT molecular complexity index is 555. The van der Waals surface area contributed by atoms with Gasteiger partial charge in [0, 0.05) is 18.1 Å². The van der Waals surface area contributed by atoms with E-state index in [0.29, 0.717) is 5.56 Å². The van der Waals surface area contributed by atoms with Crippen LogP contribution in [0.3, 0.4) is 0 Å². The molecule has 0 radical (unpaired) electrons. The molecule has 0 unspecified atom stereocenters. The van der Waals surface area contributed by atoms with Crippen LogP contribution in [0.15, 0.2) is 24.4 Å². The molecule has 0 aliphatic carbocycles. The number of aryl methyl sites for hydroxylation is 2. The standard InChI is InChI=1S/C14H17NO2/c1-3-6-15-7-5-11-8-10(4-2)9-12(13(11)15)14(16)17/h5,7-9H,3-4,6H2,1-2H3,(H,16,17). The summed E-state index contributed by atoms with van der Waals surface area (Å²) in [6.45, 7) is 4.98. The molecule has 1 aromatic carbocycles. The van der Waals surface area contributed by atoms with Crippen LogP contribution in [0.4, 0.5) is 0 Å². The van der Waals surface area contributed by atoms with Crippen LogP contribution in [0.2, 0.25) is 0 Å². The number of hydrogen-bond acceptors (Lipinski definition) is 1. The van der Waals surface area contributed by atoms with Crippen LogP contribution in [-0.4, -0.2) is 15.6 Å². The molecular formula is C14H17NO2. The fourth-order valence-corrected chi connectivity index (χ4v) is 2.21. The van der Waals surface area contributed by atoms with Crippen molar-refractivity contribution in [3.63, 3.8) is 0 Å². The molecule has 0 saturated heterocycles. The first kappa shape index (κ1) is 11.7. The number of carbonyl (C=O) groups is 1. The minimum absolute atomic E-state index is 0.415. The van der Waals surface area contributed by atoms with E-state index in [1.54, 1.807) is 6.07 Å². The fourth-order valence-electron chi connectivity index (χ4n) is 2.21. The van der Waals surface area contributed by atoms with Gasteiger partial charge in [0.1, 0.15) is 0 Å². The molecule has 3 heteroatoms. The predicted molar refractivity (Wildman–Crippen MR) is 68.6 cm³/mol. The first-order valence-electron chi connectivity index (χ1n) is 6.02. The van der Waals surface area contributed by atoms with Gasteiger partial charge in [0.05, 0.1) is 11.1 Å². The summed E-state index contributed by atoms with van der Waals surface area (Å²) in [7, 11) is 0. The second-order valence-electron chi connectivity index (χ2n) is 4.25. The van der Waals surface area contributed by atoms with Crippen LogP contribution < -0.4 is 0 Å². The molecule has 0 saturated carbocycles. The molecule has 2 aromatic rings. The minimum atomic E-state index is -0.846. The van der Waals surface area contributed by atoms with Gasteiger partial charge in [-0.15, -0.1) is 0 Å². The van der Waals surface area contributed by atoms with Gasteiger partial charge in [-0.05, 0) is 36.6 Å². The third kappa shape index (κ3) is 2.05. The van der Waals surface area contributed by atoms with Crippen molar-refractivity contribution in [3.8, 4) is 0 Å². The Kier molecular flexibility index (Phi) is 3.18. The third-order valence-electron chi connectivity index (χ3n) is 3.02. The van der Waals surface area contributed by atoms with E-state index in [-0.39, 0.29) is 0 Å². The zero-order valence-electron chi connectivity index (χ0n) is 10.2. The van der Waals surface area contributed by atoms with Crippen LogP contribution in [-0.2, 0) is 13.0 Å². The highest BCUT2D eigenvalue weighted by atomic mass is 16.4. The summed E-state index contributed by atoms with van der Waals surface area (Å²) in [5.41, 5.74) is 2.33. The predicted octanol–water partition coefficient (Wildman–Crippen LogP) is 3.31. The second-order valence-corrected chi connectivity index (χ2v) is 4.25. The van der Waals surface area contributed by atoms with E-state index in [0.717, 1.165) is 35.9 Å². The molecule has 0 atom stereocenters. The maximum absolute atomic E-state index is 11.3. The number of benzene rings is 1. The summed E-state index contributed by atoms with van der Waals surface area (Å²) in [5.74, 6) is -0.846.